The lowest BCUT2D eigenvalue weighted by atomic mass is 9.95. The molecule has 3 aromatic heterocycles. The Balaban J connectivity index is 1.33. The molecule has 2 aliphatic heterocycles. The standard InChI is InChI=1S/C21H27N7O/c1-14-23-18-16(7-10-22-20(18)26(14)2)21(29)27-12-8-15(9-13-27)19-25-24-17-6-4-3-5-11-28(17)19/h7,10,15H,3-6,8-9,11-13H2,1-2H3. The number of aromatic nitrogens is 6. The molecule has 2 aliphatic rings. The molecular formula is C21H27N7O. The van der Waals surface area contributed by atoms with E-state index < -0.39 is 0 Å². The highest BCUT2D eigenvalue weighted by Crippen LogP contribution is 2.30. The molecule has 0 unspecified atom stereocenters. The van der Waals surface area contributed by atoms with Crippen molar-refractivity contribution in [2.45, 2.75) is 57.9 Å². The fourth-order valence-corrected chi connectivity index (χ4v) is 4.68. The largest absolute Gasteiger partial charge is 0.339 e. The van der Waals surface area contributed by atoms with Gasteiger partial charge in [0.15, 0.2) is 5.65 Å². The number of hydrogen-bond acceptors (Lipinski definition) is 5. The van der Waals surface area contributed by atoms with Gasteiger partial charge in [0.1, 0.15) is 23.0 Å². The van der Waals surface area contributed by atoms with Gasteiger partial charge in [0, 0.05) is 45.2 Å². The lowest BCUT2D eigenvalue weighted by Crippen LogP contribution is -2.38. The Labute approximate surface area is 170 Å². The summed E-state index contributed by atoms with van der Waals surface area (Å²) < 4.78 is 4.27. The van der Waals surface area contributed by atoms with Crippen LogP contribution in [0.25, 0.3) is 11.2 Å². The minimum atomic E-state index is 0.0500. The third-order valence-corrected chi connectivity index (χ3v) is 6.50. The second kappa shape index (κ2) is 7.24. The third-order valence-electron chi connectivity index (χ3n) is 6.50. The Bertz CT molecular complexity index is 1060. The second-order valence-corrected chi connectivity index (χ2v) is 8.25. The minimum Gasteiger partial charge on any atom is -0.339 e. The van der Waals surface area contributed by atoms with E-state index in [0.29, 0.717) is 17.0 Å². The van der Waals surface area contributed by atoms with E-state index in [1.54, 1.807) is 12.3 Å². The molecule has 5 rings (SSSR count). The number of pyridine rings is 1. The van der Waals surface area contributed by atoms with Gasteiger partial charge in [0.05, 0.1) is 5.56 Å². The van der Waals surface area contributed by atoms with Gasteiger partial charge in [-0.1, -0.05) is 6.42 Å². The normalized spacial score (nSPS) is 18.1. The summed E-state index contributed by atoms with van der Waals surface area (Å²) in [4.78, 5) is 24.1. The highest BCUT2D eigenvalue weighted by molar-refractivity contribution is 6.04. The number of aryl methyl sites for hydroxylation is 3. The number of imidazole rings is 1. The average Bonchev–Trinajstić information content (AvgIpc) is 3.18. The first-order valence-corrected chi connectivity index (χ1v) is 10.6. The van der Waals surface area contributed by atoms with E-state index in [1.165, 1.54) is 19.3 Å². The van der Waals surface area contributed by atoms with Crippen LogP contribution in [0.15, 0.2) is 12.3 Å². The number of rotatable bonds is 2. The number of hydrogen-bond donors (Lipinski definition) is 0. The zero-order valence-corrected chi connectivity index (χ0v) is 17.1. The van der Waals surface area contributed by atoms with E-state index in [4.69, 9.17) is 0 Å². The maximum absolute atomic E-state index is 13.2. The molecule has 1 amide bonds. The number of likely N-dealkylation sites (tertiary alicyclic amines) is 1. The lowest BCUT2D eigenvalue weighted by molar-refractivity contribution is 0.0712. The highest BCUT2D eigenvalue weighted by Gasteiger charge is 2.30. The summed E-state index contributed by atoms with van der Waals surface area (Å²) in [6, 6.07) is 1.79. The highest BCUT2D eigenvalue weighted by atomic mass is 16.2. The SMILES string of the molecule is Cc1nc2c(C(=O)N3CCC(c4nnc5n4CCCCC5)CC3)ccnc2n1C. The fraction of sp³-hybridized carbons (Fsp3) is 0.571. The van der Waals surface area contributed by atoms with E-state index >= 15 is 0 Å². The molecule has 0 bridgehead atoms. The van der Waals surface area contributed by atoms with Crippen molar-refractivity contribution in [3.8, 4) is 0 Å². The van der Waals surface area contributed by atoms with E-state index in [1.807, 2.05) is 23.4 Å². The van der Waals surface area contributed by atoms with Crippen molar-refractivity contribution in [3.63, 3.8) is 0 Å². The zero-order chi connectivity index (χ0) is 20.0. The van der Waals surface area contributed by atoms with Gasteiger partial charge >= 0.3 is 0 Å². The topological polar surface area (TPSA) is 81.7 Å². The predicted molar refractivity (Wildman–Crippen MR) is 109 cm³/mol. The first-order valence-electron chi connectivity index (χ1n) is 10.6. The number of nitrogens with zero attached hydrogens (tertiary/aromatic N) is 7. The van der Waals surface area contributed by atoms with Crippen LogP contribution in [0.1, 0.15) is 65.9 Å². The molecule has 8 heteroatoms. The van der Waals surface area contributed by atoms with Crippen molar-refractivity contribution in [3.05, 3.63) is 35.3 Å². The van der Waals surface area contributed by atoms with Crippen molar-refractivity contribution < 1.29 is 4.79 Å². The van der Waals surface area contributed by atoms with Gasteiger partial charge in [-0.05, 0) is 38.7 Å². The number of carbonyl (C=O) groups is 1. The maximum atomic E-state index is 13.2. The van der Waals surface area contributed by atoms with Gasteiger partial charge in [-0.3, -0.25) is 4.79 Å². The fourth-order valence-electron chi connectivity index (χ4n) is 4.68. The summed E-state index contributed by atoms with van der Waals surface area (Å²) in [5.74, 6) is 3.56. The Hall–Kier alpha value is -2.77. The molecule has 3 aromatic rings. The number of carbonyl (C=O) groups excluding carboxylic acids is 1. The summed E-state index contributed by atoms with van der Waals surface area (Å²) in [5, 5.41) is 8.99. The molecule has 0 spiro atoms. The molecule has 0 saturated carbocycles. The predicted octanol–water partition coefficient (Wildman–Crippen LogP) is 2.61. The molecule has 1 saturated heterocycles. The number of amides is 1. The Morgan fingerprint density at radius 1 is 1.10 bits per heavy atom. The van der Waals surface area contributed by atoms with Crippen LogP contribution >= 0.6 is 0 Å². The molecule has 8 nitrogen and oxygen atoms in total. The molecule has 0 N–H and O–H groups in total. The monoisotopic (exact) mass is 393 g/mol. The van der Waals surface area contributed by atoms with Crippen molar-refractivity contribution in [2.75, 3.05) is 13.1 Å². The number of fused-ring (bicyclic) bond motifs is 2. The average molecular weight is 393 g/mol. The first kappa shape index (κ1) is 18.3. The summed E-state index contributed by atoms with van der Waals surface area (Å²) >= 11 is 0. The second-order valence-electron chi connectivity index (χ2n) is 8.25. The zero-order valence-electron chi connectivity index (χ0n) is 17.1. The van der Waals surface area contributed by atoms with Crippen LogP contribution in [0.4, 0.5) is 0 Å². The summed E-state index contributed by atoms with van der Waals surface area (Å²) in [6.07, 6.45) is 8.28. The Morgan fingerprint density at radius 2 is 1.93 bits per heavy atom. The molecule has 0 atom stereocenters. The summed E-state index contributed by atoms with van der Waals surface area (Å²) in [6.45, 7) is 4.44. The van der Waals surface area contributed by atoms with Gasteiger partial charge in [0.25, 0.3) is 5.91 Å². The summed E-state index contributed by atoms with van der Waals surface area (Å²) in [5.41, 5.74) is 2.10. The van der Waals surface area contributed by atoms with Gasteiger partial charge in [-0.25, -0.2) is 9.97 Å². The van der Waals surface area contributed by atoms with Crippen LogP contribution in [0.3, 0.4) is 0 Å². The van der Waals surface area contributed by atoms with Gasteiger partial charge in [-0.15, -0.1) is 10.2 Å². The smallest absolute Gasteiger partial charge is 0.256 e. The van der Waals surface area contributed by atoms with Crippen molar-refractivity contribution in [1.29, 1.82) is 0 Å². The first-order chi connectivity index (χ1) is 14.1. The van der Waals surface area contributed by atoms with Crippen LogP contribution in [-0.4, -0.2) is 53.2 Å². The molecule has 0 aromatic carbocycles. The molecule has 0 radical (unpaired) electrons. The minimum absolute atomic E-state index is 0.0500. The summed E-state index contributed by atoms with van der Waals surface area (Å²) in [7, 11) is 1.93. The van der Waals surface area contributed by atoms with Crippen LogP contribution in [-0.2, 0) is 20.0 Å². The maximum Gasteiger partial charge on any atom is 0.256 e. The van der Waals surface area contributed by atoms with Gasteiger partial charge in [0.2, 0.25) is 0 Å². The quantitative estimate of drug-likeness (QED) is 0.668. The van der Waals surface area contributed by atoms with Gasteiger partial charge in [-0.2, -0.15) is 0 Å². The van der Waals surface area contributed by atoms with E-state index in [-0.39, 0.29) is 5.91 Å². The molecule has 5 heterocycles. The van der Waals surface area contributed by atoms with Crippen molar-refractivity contribution >= 4 is 17.1 Å². The number of piperidine rings is 1. The molecular weight excluding hydrogens is 366 g/mol. The third kappa shape index (κ3) is 3.10. The lowest BCUT2D eigenvalue weighted by Gasteiger charge is -2.31. The molecule has 152 valence electrons. The van der Waals surface area contributed by atoms with Crippen LogP contribution in [0, 0.1) is 6.92 Å². The van der Waals surface area contributed by atoms with Crippen molar-refractivity contribution in [2.24, 2.45) is 7.05 Å². The Morgan fingerprint density at radius 3 is 2.76 bits per heavy atom. The van der Waals surface area contributed by atoms with Crippen molar-refractivity contribution in [1.82, 2.24) is 34.2 Å². The van der Waals surface area contributed by atoms with Crippen LogP contribution in [0.5, 0.6) is 0 Å². The van der Waals surface area contributed by atoms with E-state index in [2.05, 4.69) is 24.7 Å². The molecule has 1 fully saturated rings. The Kier molecular flexibility index (Phi) is 4.56. The van der Waals surface area contributed by atoms with Crippen LogP contribution in [0.2, 0.25) is 0 Å². The molecule has 29 heavy (non-hydrogen) atoms. The van der Waals surface area contributed by atoms with Crippen LogP contribution < -0.4 is 0 Å². The van der Waals surface area contributed by atoms with E-state index in [9.17, 15) is 4.79 Å². The molecule has 0 aliphatic carbocycles. The van der Waals surface area contributed by atoms with E-state index in [0.717, 1.165) is 62.0 Å². The van der Waals surface area contributed by atoms with Gasteiger partial charge < -0.3 is 14.0 Å².